The number of carbonyl (C=O) groups is 1. The number of hydrogen-bond donors (Lipinski definition) is 2. The van der Waals surface area contributed by atoms with Crippen molar-refractivity contribution in [1.29, 1.82) is 0 Å². The van der Waals surface area contributed by atoms with Crippen LogP contribution in [0.4, 0.5) is 0 Å². The Kier molecular flexibility index (Phi) is 7.22. The molecule has 0 bridgehead atoms. The van der Waals surface area contributed by atoms with Gasteiger partial charge in [-0.15, -0.1) is 0 Å². The predicted molar refractivity (Wildman–Crippen MR) is 89.0 cm³/mol. The zero-order chi connectivity index (χ0) is 16.6. The molecule has 1 aromatic carbocycles. The highest BCUT2D eigenvalue weighted by Gasteiger charge is 2.31. The first kappa shape index (κ1) is 18.3. The lowest BCUT2D eigenvalue weighted by Gasteiger charge is -2.26. The first-order chi connectivity index (χ1) is 10.4. The molecule has 0 aliphatic heterocycles. The third kappa shape index (κ3) is 5.24. The van der Waals surface area contributed by atoms with Gasteiger partial charge in [0.15, 0.2) is 11.5 Å². The number of unbranched alkanes of at least 4 members (excludes halogenated alkanes) is 4. The maximum absolute atomic E-state index is 11.9. The summed E-state index contributed by atoms with van der Waals surface area (Å²) in [7, 11) is 1.51. The highest BCUT2D eigenvalue weighted by atomic mass is 16.5. The molecule has 0 aromatic heterocycles. The molecular formula is C18H29NO3. The van der Waals surface area contributed by atoms with Crippen molar-refractivity contribution in [2.24, 2.45) is 11.1 Å². The van der Waals surface area contributed by atoms with Crippen LogP contribution in [0.5, 0.6) is 11.5 Å². The van der Waals surface area contributed by atoms with Gasteiger partial charge in [0.2, 0.25) is 5.91 Å². The minimum Gasteiger partial charge on any atom is -0.504 e. The lowest BCUT2D eigenvalue weighted by molar-refractivity contribution is -0.127. The zero-order valence-electron chi connectivity index (χ0n) is 14.0. The molecule has 0 aliphatic carbocycles. The molecule has 1 unspecified atom stereocenters. The monoisotopic (exact) mass is 307 g/mol. The van der Waals surface area contributed by atoms with E-state index in [1.807, 2.05) is 13.0 Å². The normalized spacial score (nSPS) is 13.6. The van der Waals surface area contributed by atoms with E-state index in [-0.39, 0.29) is 11.7 Å². The molecule has 0 aliphatic rings. The number of hydrogen-bond acceptors (Lipinski definition) is 3. The summed E-state index contributed by atoms with van der Waals surface area (Å²) in [5.41, 5.74) is 6.03. The Hall–Kier alpha value is -1.71. The van der Waals surface area contributed by atoms with Crippen LogP contribution < -0.4 is 10.5 Å². The summed E-state index contributed by atoms with van der Waals surface area (Å²) < 4.78 is 5.12. The largest absolute Gasteiger partial charge is 0.504 e. The predicted octanol–water partition coefficient (Wildman–Crippen LogP) is 3.80. The Balaban J connectivity index is 2.72. The van der Waals surface area contributed by atoms with Crippen molar-refractivity contribution in [1.82, 2.24) is 0 Å². The van der Waals surface area contributed by atoms with Gasteiger partial charge in [-0.2, -0.15) is 0 Å². The van der Waals surface area contributed by atoms with Crippen molar-refractivity contribution in [2.75, 3.05) is 7.11 Å². The van der Waals surface area contributed by atoms with E-state index in [2.05, 4.69) is 6.92 Å². The molecule has 1 atom stereocenters. The first-order valence-corrected chi connectivity index (χ1v) is 8.08. The summed E-state index contributed by atoms with van der Waals surface area (Å²) in [6.07, 6.45) is 7.15. The van der Waals surface area contributed by atoms with E-state index in [4.69, 9.17) is 10.5 Å². The molecule has 0 radical (unpaired) electrons. The highest BCUT2D eigenvalue weighted by Crippen LogP contribution is 2.33. The number of ether oxygens (including phenoxy) is 1. The molecule has 0 fully saturated rings. The molecule has 0 saturated heterocycles. The van der Waals surface area contributed by atoms with Crippen molar-refractivity contribution < 1.29 is 14.6 Å². The second-order valence-corrected chi connectivity index (χ2v) is 6.27. The molecular weight excluding hydrogens is 278 g/mol. The number of rotatable bonds is 10. The van der Waals surface area contributed by atoms with Crippen LogP contribution in [0.15, 0.2) is 18.2 Å². The Morgan fingerprint density at radius 3 is 2.55 bits per heavy atom. The number of nitrogens with two attached hydrogens (primary N) is 1. The third-order valence-electron chi connectivity index (χ3n) is 4.27. The Morgan fingerprint density at radius 2 is 1.95 bits per heavy atom. The number of carbonyl (C=O) groups excluding carboxylic acids is 1. The number of aromatic hydroxyl groups is 1. The van der Waals surface area contributed by atoms with E-state index in [1.54, 1.807) is 12.1 Å². The summed E-state index contributed by atoms with van der Waals surface area (Å²) >= 11 is 0. The van der Waals surface area contributed by atoms with Gasteiger partial charge in [0.25, 0.3) is 0 Å². The van der Waals surface area contributed by atoms with Crippen molar-refractivity contribution in [3.05, 3.63) is 23.8 Å². The van der Waals surface area contributed by atoms with Crippen LogP contribution in [-0.4, -0.2) is 18.1 Å². The zero-order valence-corrected chi connectivity index (χ0v) is 14.0. The van der Waals surface area contributed by atoms with Gasteiger partial charge in [-0.25, -0.2) is 0 Å². The van der Waals surface area contributed by atoms with Crippen LogP contribution in [0.2, 0.25) is 0 Å². The van der Waals surface area contributed by atoms with Gasteiger partial charge < -0.3 is 15.6 Å². The minimum atomic E-state index is -0.561. The summed E-state index contributed by atoms with van der Waals surface area (Å²) in [6, 6.07) is 5.18. The summed E-state index contributed by atoms with van der Waals surface area (Å²) in [4.78, 5) is 11.9. The Bertz CT molecular complexity index is 487. The van der Waals surface area contributed by atoms with Crippen LogP contribution >= 0.6 is 0 Å². The quantitative estimate of drug-likeness (QED) is 0.646. The minimum absolute atomic E-state index is 0.103. The van der Waals surface area contributed by atoms with Crippen LogP contribution in [0.1, 0.15) is 57.9 Å². The van der Waals surface area contributed by atoms with Gasteiger partial charge in [0.1, 0.15) is 0 Å². The van der Waals surface area contributed by atoms with Crippen molar-refractivity contribution in [2.45, 2.75) is 58.8 Å². The summed E-state index contributed by atoms with van der Waals surface area (Å²) in [6.45, 7) is 4.11. The van der Waals surface area contributed by atoms with Gasteiger partial charge in [-0.3, -0.25) is 4.79 Å². The van der Waals surface area contributed by atoms with Gasteiger partial charge in [0.05, 0.1) is 12.5 Å². The maximum Gasteiger partial charge on any atom is 0.223 e. The van der Waals surface area contributed by atoms with Gasteiger partial charge in [-0.1, -0.05) is 52.0 Å². The van der Waals surface area contributed by atoms with E-state index < -0.39 is 5.41 Å². The van der Waals surface area contributed by atoms with Crippen molar-refractivity contribution in [3.63, 3.8) is 0 Å². The summed E-state index contributed by atoms with van der Waals surface area (Å²) in [5.74, 6) is 0.258. The second-order valence-electron chi connectivity index (χ2n) is 6.27. The molecule has 0 heterocycles. The van der Waals surface area contributed by atoms with E-state index in [0.717, 1.165) is 24.8 Å². The van der Waals surface area contributed by atoms with Gasteiger partial charge in [0, 0.05) is 0 Å². The number of phenols is 1. The third-order valence-corrected chi connectivity index (χ3v) is 4.27. The van der Waals surface area contributed by atoms with E-state index in [9.17, 15) is 9.90 Å². The van der Waals surface area contributed by atoms with Crippen molar-refractivity contribution in [3.8, 4) is 11.5 Å². The molecule has 0 saturated carbocycles. The number of benzene rings is 1. The molecule has 1 rings (SSSR count). The fourth-order valence-corrected chi connectivity index (χ4v) is 2.70. The smallest absolute Gasteiger partial charge is 0.223 e. The van der Waals surface area contributed by atoms with Gasteiger partial charge >= 0.3 is 0 Å². The highest BCUT2D eigenvalue weighted by molar-refractivity contribution is 5.80. The maximum atomic E-state index is 11.9. The van der Waals surface area contributed by atoms with E-state index in [1.165, 1.54) is 26.4 Å². The van der Waals surface area contributed by atoms with Crippen LogP contribution in [0, 0.1) is 5.41 Å². The molecule has 3 N–H and O–H groups in total. The molecule has 0 spiro atoms. The lowest BCUT2D eigenvalue weighted by Crippen LogP contribution is -2.36. The topological polar surface area (TPSA) is 72.6 Å². The van der Waals surface area contributed by atoms with Crippen molar-refractivity contribution >= 4 is 5.91 Å². The fourth-order valence-electron chi connectivity index (χ4n) is 2.70. The van der Waals surface area contributed by atoms with Crippen LogP contribution in [-0.2, 0) is 11.2 Å². The molecule has 4 heteroatoms. The number of phenolic OH excluding ortho intramolecular Hbond substituents is 1. The fraction of sp³-hybridized carbons (Fsp3) is 0.611. The van der Waals surface area contributed by atoms with E-state index in [0.29, 0.717) is 12.2 Å². The van der Waals surface area contributed by atoms with Crippen LogP contribution in [0.3, 0.4) is 0 Å². The Labute approximate surface area is 133 Å². The lowest BCUT2D eigenvalue weighted by atomic mass is 9.78. The standard InChI is InChI=1S/C18H29NO3/c1-4-5-6-7-8-11-18(2,17(19)21)13-14-9-10-15(20)16(12-14)22-3/h9-10,12,20H,4-8,11,13H2,1-3H3,(H2,19,21). The summed E-state index contributed by atoms with van der Waals surface area (Å²) in [5, 5.41) is 9.65. The second kappa shape index (κ2) is 8.66. The number of primary amides is 1. The molecule has 22 heavy (non-hydrogen) atoms. The SMILES string of the molecule is CCCCCCCC(C)(Cc1ccc(O)c(OC)c1)C(N)=O. The average Bonchev–Trinajstić information content (AvgIpc) is 2.49. The number of methoxy groups -OCH3 is 1. The molecule has 124 valence electrons. The van der Waals surface area contributed by atoms with Crippen LogP contribution in [0.25, 0.3) is 0 Å². The van der Waals surface area contributed by atoms with E-state index >= 15 is 0 Å². The Morgan fingerprint density at radius 1 is 1.27 bits per heavy atom. The van der Waals surface area contributed by atoms with Gasteiger partial charge in [-0.05, 0) is 30.5 Å². The molecule has 4 nitrogen and oxygen atoms in total. The molecule has 1 aromatic rings. The molecule has 1 amide bonds. The first-order valence-electron chi connectivity index (χ1n) is 8.08. The average molecular weight is 307 g/mol. The number of amides is 1.